The molecule has 0 radical (unpaired) electrons. The minimum atomic E-state index is -0.477. The summed E-state index contributed by atoms with van der Waals surface area (Å²) in [5.41, 5.74) is 0.741. The fourth-order valence-corrected chi connectivity index (χ4v) is 2.26. The first-order chi connectivity index (χ1) is 8.57. The van der Waals surface area contributed by atoms with E-state index in [1.54, 1.807) is 13.0 Å². The molecule has 0 N–H and O–H groups in total. The second-order valence-electron chi connectivity index (χ2n) is 3.82. The van der Waals surface area contributed by atoms with Gasteiger partial charge in [-0.2, -0.15) is 0 Å². The van der Waals surface area contributed by atoms with Crippen LogP contribution in [0.2, 0.25) is 0 Å². The van der Waals surface area contributed by atoms with Crippen LogP contribution < -0.4 is 4.90 Å². The smallest absolute Gasteiger partial charge is 0.224 e. The van der Waals surface area contributed by atoms with Gasteiger partial charge in [-0.1, -0.05) is 36.0 Å². The molecule has 18 heavy (non-hydrogen) atoms. The summed E-state index contributed by atoms with van der Waals surface area (Å²) in [6.07, 6.45) is 1.68. The summed E-state index contributed by atoms with van der Waals surface area (Å²) in [5, 5.41) is -0.0334. The Hall–Kier alpha value is -1.55. The molecule has 0 saturated carbocycles. The molecule has 0 saturated heterocycles. The van der Waals surface area contributed by atoms with E-state index in [0.29, 0.717) is 5.75 Å². The lowest BCUT2D eigenvalue weighted by atomic mass is 10.2. The Morgan fingerprint density at radius 1 is 1.39 bits per heavy atom. The van der Waals surface area contributed by atoms with Crippen molar-refractivity contribution in [1.82, 2.24) is 0 Å². The van der Waals surface area contributed by atoms with Crippen LogP contribution in [0.1, 0.15) is 13.8 Å². The monoisotopic (exact) mass is 263 g/mol. The zero-order valence-electron chi connectivity index (χ0n) is 10.6. The van der Waals surface area contributed by atoms with E-state index in [4.69, 9.17) is 0 Å². The van der Waals surface area contributed by atoms with Gasteiger partial charge in [0.05, 0.1) is 0 Å². The molecule has 0 spiro atoms. The topological polar surface area (TPSA) is 37.4 Å². The molecule has 0 bridgehead atoms. The number of para-hydroxylation sites is 1. The highest BCUT2D eigenvalue weighted by Gasteiger charge is 2.24. The van der Waals surface area contributed by atoms with Gasteiger partial charge < -0.3 is 4.90 Å². The number of amides is 1. The molecular weight excluding hydrogens is 246 g/mol. The first-order valence-electron chi connectivity index (χ1n) is 5.70. The maximum Gasteiger partial charge on any atom is 0.224 e. The standard InChI is InChI=1S/C14H17NO2S/c1-4-10-18-14(17)11(2)15(12(3)16)13-8-6-5-7-9-13/h4-9,11H,1,10H2,2-3H3. The number of thioether (sulfide) groups is 1. The van der Waals surface area contributed by atoms with Gasteiger partial charge >= 0.3 is 0 Å². The van der Waals surface area contributed by atoms with Gasteiger partial charge in [0.15, 0.2) is 0 Å². The Kier molecular flexibility index (Phi) is 5.65. The molecule has 0 aliphatic heterocycles. The largest absolute Gasteiger partial charge is 0.302 e. The normalized spacial score (nSPS) is 11.7. The lowest BCUT2D eigenvalue weighted by Gasteiger charge is -2.26. The van der Waals surface area contributed by atoms with E-state index in [-0.39, 0.29) is 11.0 Å². The predicted molar refractivity (Wildman–Crippen MR) is 76.7 cm³/mol. The van der Waals surface area contributed by atoms with Crippen LogP contribution in [0.25, 0.3) is 0 Å². The third kappa shape index (κ3) is 3.74. The van der Waals surface area contributed by atoms with E-state index >= 15 is 0 Å². The summed E-state index contributed by atoms with van der Waals surface area (Å²) in [5.74, 6) is 0.422. The second kappa shape index (κ2) is 7.01. The Bertz CT molecular complexity index is 431. The first kappa shape index (κ1) is 14.5. The van der Waals surface area contributed by atoms with Crippen molar-refractivity contribution in [1.29, 1.82) is 0 Å². The van der Waals surface area contributed by atoms with E-state index in [1.807, 2.05) is 30.3 Å². The number of benzene rings is 1. The van der Waals surface area contributed by atoms with E-state index < -0.39 is 6.04 Å². The van der Waals surface area contributed by atoms with E-state index in [1.165, 1.54) is 23.6 Å². The maximum atomic E-state index is 11.9. The molecule has 1 rings (SSSR count). The molecule has 1 atom stereocenters. The van der Waals surface area contributed by atoms with E-state index in [0.717, 1.165) is 5.69 Å². The van der Waals surface area contributed by atoms with Gasteiger partial charge in [0.2, 0.25) is 11.0 Å². The van der Waals surface area contributed by atoms with Crippen LogP contribution in [0.3, 0.4) is 0 Å². The predicted octanol–water partition coefficient (Wildman–Crippen LogP) is 2.87. The van der Waals surface area contributed by atoms with Crippen molar-refractivity contribution in [3.63, 3.8) is 0 Å². The third-order valence-electron chi connectivity index (χ3n) is 2.45. The average molecular weight is 263 g/mol. The number of anilines is 1. The quantitative estimate of drug-likeness (QED) is 0.767. The summed E-state index contributed by atoms with van der Waals surface area (Å²) in [7, 11) is 0. The number of nitrogens with zero attached hydrogens (tertiary/aromatic N) is 1. The molecule has 0 fully saturated rings. The molecule has 0 aromatic heterocycles. The maximum absolute atomic E-state index is 11.9. The molecule has 1 aromatic rings. The fraction of sp³-hybridized carbons (Fsp3) is 0.286. The van der Waals surface area contributed by atoms with Crippen LogP contribution in [-0.4, -0.2) is 22.8 Å². The Morgan fingerprint density at radius 2 is 2.00 bits per heavy atom. The first-order valence-corrected chi connectivity index (χ1v) is 6.69. The Morgan fingerprint density at radius 3 is 2.50 bits per heavy atom. The van der Waals surface area contributed by atoms with Crippen LogP contribution in [-0.2, 0) is 9.59 Å². The molecule has 0 aliphatic rings. The zero-order valence-corrected chi connectivity index (χ0v) is 11.4. The van der Waals surface area contributed by atoms with Crippen LogP contribution >= 0.6 is 11.8 Å². The minimum absolute atomic E-state index is 0.0334. The molecule has 1 amide bonds. The molecular formula is C14H17NO2S. The number of hydrogen-bond acceptors (Lipinski definition) is 3. The van der Waals surface area contributed by atoms with E-state index in [9.17, 15) is 9.59 Å². The van der Waals surface area contributed by atoms with E-state index in [2.05, 4.69) is 6.58 Å². The van der Waals surface area contributed by atoms with Gasteiger partial charge in [0.1, 0.15) is 6.04 Å². The SMILES string of the molecule is C=CCSC(=O)C(C)N(C(C)=O)c1ccccc1. The van der Waals surface area contributed by atoms with Crippen molar-refractivity contribution in [3.8, 4) is 0 Å². The van der Waals surface area contributed by atoms with Gasteiger partial charge in [0, 0.05) is 18.4 Å². The number of hydrogen-bond donors (Lipinski definition) is 0. The second-order valence-corrected chi connectivity index (χ2v) is 4.84. The third-order valence-corrected chi connectivity index (χ3v) is 3.47. The van der Waals surface area contributed by atoms with Crippen molar-refractivity contribution in [2.24, 2.45) is 0 Å². The average Bonchev–Trinajstić information content (AvgIpc) is 2.36. The van der Waals surface area contributed by atoms with Crippen molar-refractivity contribution in [3.05, 3.63) is 43.0 Å². The zero-order chi connectivity index (χ0) is 13.5. The van der Waals surface area contributed by atoms with Crippen molar-refractivity contribution in [2.45, 2.75) is 19.9 Å². The highest BCUT2D eigenvalue weighted by molar-refractivity contribution is 8.13. The molecule has 1 aromatic carbocycles. The highest BCUT2D eigenvalue weighted by atomic mass is 32.2. The lowest BCUT2D eigenvalue weighted by Crippen LogP contribution is -2.41. The van der Waals surface area contributed by atoms with Crippen LogP contribution in [0.4, 0.5) is 5.69 Å². The molecule has 96 valence electrons. The summed E-state index contributed by atoms with van der Waals surface area (Å²) in [4.78, 5) is 25.2. The van der Waals surface area contributed by atoms with Crippen molar-refractivity contribution < 1.29 is 9.59 Å². The lowest BCUT2D eigenvalue weighted by molar-refractivity contribution is -0.120. The number of rotatable bonds is 5. The minimum Gasteiger partial charge on any atom is -0.302 e. The Labute approximate surface area is 112 Å². The molecule has 0 heterocycles. The summed E-state index contributed by atoms with van der Waals surface area (Å²) >= 11 is 1.17. The number of carbonyl (C=O) groups is 2. The van der Waals surface area contributed by atoms with Crippen LogP contribution in [0, 0.1) is 0 Å². The van der Waals surface area contributed by atoms with Gasteiger partial charge in [-0.3, -0.25) is 9.59 Å². The molecule has 4 heteroatoms. The van der Waals surface area contributed by atoms with Gasteiger partial charge in [-0.25, -0.2) is 0 Å². The van der Waals surface area contributed by atoms with Gasteiger partial charge in [-0.05, 0) is 19.1 Å². The van der Waals surface area contributed by atoms with Gasteiger partial charge in [-0.15, -0.1) is 6.58 Å². The summed E-state index contributed by atoms with van der Waals surface area (Å²) in [6.45, 7) is 6.79. The molecule has 0 aliphatic carbocycles. The number of carbonyl (C=O) groups excluding carboxylic acids is 2. The summed E-state index contributed by atoms with van der Waals surface area (Å²) in [6, 6.07) is 8.74. The van der Waals surface area contributed by atoms with Crippen molar-refractivity contribution >= 4 is 28.5 Å². The van der Waals surface area contributed by atoms with Gasteiger partial charge in [0.25, 0.3) is 0 Å². The molecule has 1 unspecified atom stereocenters. The highest BCUT2D eigenvalue weighted by Crippen LogP contribution is 2.20. The van der Waals surface area contributed by atoms with Crippen molar-refractivity contribution in [2.75, 3.05) is 10.7 Å². The van der Waals surface area contributed by atoms with Crippen LogP contribution in [0.15, 0.2) is 43.0 Å². The Balaban J connectivity index is 2.89. The molecule has 3 nitrogen and oxygen atoms in total. The fourth-order valence-electron chi connectivity index (χ4n) is 1.63. The van der Waals surface area contributed by atoms with Crippen LogP contribution in [0.5, 0.6) is 0 Å². The summed E-state index contributed by atoms with van der Waals surface area (Å²) < 4.78 is 0.